The summed E-state index contributed by atoms with van der Waals surface area (Å²) in [6.07, 6.45) is 1.91. The number of nitrogens with zero attached hydrogens (tertiary/aromatic N) is 2. The van der Waals surface area contributed by atoms with Crippen LogP contribution in [-0.2, 0) is 16.1 Å². The minimum Gasteiger partial charge on any atom is -0.461 e. The van der Waals surface area contributed by atoms with E-state index >= 15 is 0 Å². The highest BCUT2D eigenvalue weighted by atomic mass is 16.5. The molecule has 0 saturated heterocycles. The summed E-state index contributed by atoms with van der Waals surface area (Å²) < 4.78 is 6.95. The minimum absolute atomic E-state index is 0.0671. The molecule has 6 nitrogen and oxygen atoms in total. The second kappa shape index (κ2) is 7.20. The van der Waals surface area contributed by atoms with E-state index < -0.39 is 5.97 Å². The fourth-order valence-corrected chi connectivity index (χ4v) is 3.28. The Balaban J connectivity index is 2.37. The molecule has 1 amide bonds. The molecule has 132 valence electrons. The second-order valence-electron chi connectivity index (χ2n) is 6.20. The highest BCUT2D eigenvalue weighted by molar-refractivity contribution is 6.04. The molecular weight excluding hydrogens is 308 g/mol. The van der Waals surface area contributed by atoms with Crippen LogP contribution in [-0.4, -0.2) is 46.3 Å². The summed E-state index contributed by atoms with van der Waals surface area (Å²) in [6, 6.07) is 0.185. The van der Waals surface area contributed by atoms with Crippen molar-refractivity contribution in [2.75, 3.05) is 13.2 Å². The van der Waals surface area contributed by atoms with Gasteiger partial charge in [-0.05, 0) is 46.1 Å². The molecule has 1 aromatic rings. The Kier molecular flexibility index (Phi) is 5.47. The van der Waals surface area contributed by atoms with Gasteiger partial charge in [-0.1, -0.05) is 0 Å². The maximum atomic E-state index is 12.8. The molecule has 1 aromatic heterocycles. The van der Waals surface area contributed by atoms with E-state index in [4.69, 9.17) is 4.74 Å². The second-order valence-corrected chi connectivity index (χ2v) is 6.20. The molecule has 1 heterocycles. The van der Waals surface area contributed by atoms with Crippen LogP contribution in [0.5, 0.6) is 0 Å². The van der Waals surface area contributed by atoms with Gasteiger partial charge in [0.25, 0.3) is 0 Å². The number of Topliss-reactive ketones (excluding diaryl/α,β-unsaturated/α-hetero) is 1. The van der Waals surface area contributed by atoms with Crippen LogP contribution in [0.25, 0.3) is 0 Å². The van der Waals surface area contributed by atoms with Gasteiger partial charge in [0.1, 0.15) is 5.69 Å². The molecule has 6 heteroatoms. The maximum Gasteiger partial charge on any atom is 0.355 e. The van der Waals surface area contributed by atoms with Crippen molar-refractivity contribution >= 4 is 17.7 Å². The highest BCUT2D eigenvalue weighted by Crippen LogP contribution is 2.29. The number of amides is 1. The van der Waals surface area contributed by atoms with Crippen molar-refractivity contribution in [1.82, 2.24) is 9.47 Å². The first-order valence-electron chi connectivity index (χ1n) is 8.50. The normalized spacial score (nSPS) is 13.7. The number of carbonyl (C=O) groups excluding carboxylic acids is 3. The molecule has 0 N–H and O–H groups in total. The van der Waals surface area contributed by atoms with Gasteiger partial charge < -0.3 is 14.2 Å². The van der Waals surface area contributed by atoms with Crippen molar-refractivity contribution in [2.45, 2.75) is 60.0 Å². The fourth-order valence-electron chi connectivity index (χ4n) is 3.28. The van der Waals surface area contributed by atoms with Crippen LogP contribution in [0, 0.1) is 13.8 Å². The summed E-state index contributed by atoms with van der Waals surface area (Å²) in [4.78, 5) is 38.5. The molecule has 0 bridgehead atoms. The number of hydrogen-bond donors (Lipinski definition) is 0. The van der Waals surface area contributed by atoms with E-state index in [1.807, 2.05) is 18.4 Å². The van der Waals surface area contributed by atoms with Gasteiger partial charge in [-0.3, -0.25) is 9.59 Å². The molecule has 2 rings (SSSR count). The van der Waals surface area contributed by atoms with Gasteiger partial charge >= 0.3 is 5.97 Å². The molecule has 1 saturated carbocycles. The summed E-state index contributed by atoms with van der Waals surface area (Å²) >= 11 is 0. The fraction of sp³-hybridized carbons (Fsp3) is 0.611. The van der Waals surface area contributed by atoms with Gasteiger partial charge in [0, 0.05) is 30.8 Å². The van der Waals surface area contributed by atoms with Crippen LogP contribution < -0.4 is 0 Å². The monoisotopic (exact) mass is 334 g/mol. The molecule has 0 aliphatic heterocycles. The average Bonchev–Trinajstić information content (AvgIpc) is 3.30. The molecular formula is C18H26N2O4. The Labute approximate surface area is 142 Å². The Bertz CT molecular complexity index is 671. The van der Waals surface area contributed by atoms with E-state index in [0.29, 0.717) is 23.4 Å². The molecule has 0 spiro atoms. The summed E-state index contributed by atoms with van der Waals surface area (Å²) in [5.74, 6) is -0.615. The minimum atomic E-state index is -0.412. The first-order valence-corrected chi connectivity index (χ1v) is 8.50. The van der Waals surface area contributed by atoms with Gasteiger partial charge in [-0.2, -0.15) is 0 Å². The highest BCUT2D eigenvalue weighted by Gasteiger charge is 2.34. The summed E-state index contributed by atoms with van der Waals surface area (Å²) in [7, 11) is 0. The van der Waals surface area contributed by atoms with E-state index in [1.54, 1.807) is 18.7 Å². The molecule has 0 unspecified atom stereocenters. The molecule has 0 atom stereocenters. The first-order chi connectivity index (χ1) is 11.3. The third-order valence-corrected chi connectivity index (χ3v) is 4.54. The lowest BCUT2D eigenvalue weighted by atomic mass is 10.1. The largest absolute Gasteiger partial charge is 0.461 e. The maximum absolute atomic E-state index is 12.8. The van der Waals surface area contributed by atoms with Gasteiger partial charge in [0.05, 0.1) is 13.2 Å². The van der Waals surface area contributed by atoms with Crippen molar-refractivity contribution in [3.63, 3.8) is 0 Å². The van der Waals surface area contributed by atoms with Crippen molar-refractivity contribution in [3.8, 4) is 0 Å². The van der Waals surface area contributed by atoms with Gasteiger partial charge in [0.15, 0.2) is 5.78 Å². The zero-order chi connectivity index (χ0) is 18.0. The van der Waals surface area contributed by atoms with Crippen LogP contribution >= 0.6 is 0 Å². The molecule has 0 radical (unpaired) electrons. The smallest absolute Gasteiger partial charge is 0.355 e. The first kappa shape index (κ1) is 18.2. The summed E-state index contributed by atoms with van der Waals surface area (Å²) in [5, 5.41) is 0. The Morgan fingerprint density at radius 2 is 1.83 bits per heavy atom. The lowest BCUT2D eigenvalue weighted by Crippen LogP contribution is -2.36. The number of aromatic nitrogens is 1. The van der Waals surface area contributed by atoms with E-state index in [0.717, 1.165) is 18.5 Å². The number of rotatable bonds is 7. The molecule has 0 aromatic carbocycles. The number of hydrogen-bond acceptors (Lipinski definition) is 4. The SMILES string of the molecule is CCOC(=O)c1c(C)c(C(=O)CN(C(C)=O)C2CC2)c(C)n1CC. The number of esters is 1. The van der Waals surface area contributed by atoms with Crippen LogP contribution in [0.4, 0.5) is 0 Å². The van der Waals surface area contributed by atoms with Crippen LogP contribution in [0.3, 0.4) is 0 Å². The van der Waals surface area contributed by atoms with E-state index in [1.165, 1.54) is 6.92 Å². The van der Waals surface area contributed by atoms with E-state index in [9.17, 15) is 14.4 Å². The Morgan fingerprint density at radius 3 is 2.29 bits per heavy atom. The molecule has 24 heavy (non-hydrogen) atoms. The molecule has 1 aliphatic rings. The third kappa shape index (κ3) is 3.37. The molecule has 1 aliphatic carbocycles. The molecule has 1 fully saturated rings. The van der Waals surface area contributed by atoms with E-state index in [-0.39, 0.29) is 30.9 Å². The van der Waals surface area contributed by atoms with Crippen molar-refractivity contribution < 1.29 is 19.1 Å². The Hall–Kier alpha value is -2.11. The quantitative estimate of drug-likeness (QED) is 0.567. The van der Waals surface area contributed by atoms with Crippen LogP contribution in [0.1, 0.15) is 65.7 Å². The zero-order valence-electron chi connectivity index (χ0n) is 15.1. The summed E-state index contributed by atoms with van der Waals surface area (Å²) in [6.45, 7) is 9.71. The Morgan fingerprint density at radius 1 is 1.21 bits per heavy atom. The lowest BCUT2D eigenvalue weighted by molar-refractivity contribution is -0.128. The van der Waals surface area contributed by atoms with Gasteiger partial charge in [-0.25, -0.2) is 4.79 Å². The number of carbonyl (C=O) groups is 3. The van der Waals surface area contributed by atoms with Gasteiger partial charge in [-0.15, -0.1) is 0 Å². The van der Waals surface area contributed by atoms with Crippen LogP contribution in [0.15, 0.2) is 0 Å². The standard InChI is InChI=1S/C18H26N2O4/c1-6-19-12(4)16(11(3)17(19)18(23)24-7-2)15(22)10-20(13(5)21)14-8-9-14/h14H,6-10H2,1-5H3. The average molecular weight is 334 g/mol. The third-order valence-electron chi connectivity index (χ3n) is 4.54. The summed E-state index contributed by atoms with van der Waals surface area (Å²) in [5.41, 5.74) is 2.35. The van der Waals surface area contributed by atoms with E-state index in [2.05, 4.69) is 0 Å². The van der Waals surface area contributed by atoms with Crippen molar-refractivity contribution in [3.05, 3.63) is 22.5 Å². The van der Waals surface area contributed by atoms with Crippen molar-refractivity contribution in [2.24, 2.45) is 0 Å². The predicted molar refractivity (Wildman–Crippen MR) is 90.3 cm³/mol. The number of ketones is 1. The van der Waals surface area contributed by atoms with Crippen LogP contribution in [0.2, 0.25) is 0 Å². The topological polar surface area (TPSA) is 68.6 Å². The number of ether oxygens (including phenoxy) is 1. The lowest BCUT2D eigenvalue weighted by Gasteiger charge is -2.19. The van der Waals surface area contributed by atoms with Crippen molar-refractivity contribution in [1.29, 1.82) is 0 Å². The zero-order valence-corrected chi connectivity index (χ0v) is 15.1. The predicted octanol–water partition coefficient (Wildman–Crippen LogP) is 2.50. The van der Waals surface area contributed by atoms with Gasteiger partial charge in [0.2, 0.25) is 5.91 Å².